The molecule has 0 aromatic heterocycles. The summed E-state index contributed by atoms with van der Waals surface area (Å²) in [4.78, 5) is 9.66. The van der Waals surface area contributed by atoms with Crippen molar-refractivity contribution in [3.8, 4) is 0 Å². The van der Waals surface area contributed by atoms with Gasteiger partial charge in [0.1, 0.15) is 4.87 Å². The van der Waals surface area contributed by atoms with E-state index in [1.807, 2.05) is 12.2 Å². The molecule has 3 heteroatoms. The first-order valence-corrected chi connectivity index (χ1v) is 4.10. The highest BCUT2D eigenvalue weighted by Crippen LogP contribution is 2.30. The summed E-state index contributed by atoms with van der Waals surface area (Å²) in [5.41, 5.74) is 0. The summed E-state index contributed by atoms with van der Waals surface area (Å²) in [7, 11) is 0. The Labute approximate surface area is 70.9 Å². The third kappa shape index (κ3) is 1.96. The first kappa shape index (κ1) is 8.60. The van der Waals surface area contributed by atoms with Crippen LogP contribution in [-0.4, -0.2) is 16.0 Å². The van der Waals surface area contributed by atoms with E-state index in [1.54, 1.807) is 0 Å². The summed E-state index contributed by atoms with van der Waals surface area (Å²) in [6, 6.07) is 0. The summed E-state index contributed by atoms with van der Waals surface area (Å²) in [6.07, 6.45) is 6.62. The second-order valence-electron chi connectivity index (χ2n) is 2.82. The van der Waals surface area contributed by atoms with Gasteiger partial charge < -0.3 is 5.11 Å². The van der Waals surface area contributed by atoms with Crippen LogP contribution in [0.25, 0.3) is 0 Å². The largest absolute Gasteiger partial charge is 0.480 e. The molecule has 0 amide bonds. The van der Waals surface area contributed by atoms with E-state index >= 15 is 0 Å². The number of alkyl halides is 1. The van der Waals surface area contributed by atoms with E-state index in [4.69, 9.17) is 16.7 Å². The minimum absolute atomic E-state index is 0.542. The van der Waals surface area contributed by atoms with Gasteiger partial charge in [0.15, 0.2) is 0 Å². The molecule has 62 valence electrons. The van der Waals surface area contributed by atoms with Crippen molar-refractivity contribution in [3.05, 3.63) is 12.2 Å². The number of carboxylic acids is 1. The van der Waals surface area contributed by atoms with Crippen LogP contribution in [0.15, 0.2) is 12.2 Å². The van der Waals surface area contributed by atoms with Gasteiger partial charge in [0.25, 0.3) is 0 Å². The highest BCUT2D eigenvalue weighted by molar-refractivity contribution is 6.33. The Bertz CT molecular complexity index is 177. The topological polar surface area (TPSA) is 37.3 Å². The Morgan fingerprint density at radius 1 is 1.36 bits per heavy atom. The van der Waals surface area contributed by atoms with E-state index in [1.165, 1.54) is 0 Å². The Kier molecular flexibility index (Phi) is 2.55. The van der Waals surface area contributed by atoms with Gasteiger partial charge in [-0.25, -0.2) is 0 Å². The van der Waals surface area contributed by atoms with Crippen molar-refractivity contribution < 1.29 is 9.90 Å². The fourth-order valence-electron chi connectivity index (χ4n) is 1.20. The zero-order chi connectivity index (χ0) is 8.32. The zero-order valence-corrected chi connectivity index (χ0v) is 6.97. The first-order chi connectivity index (χ1) is 5.15. The molecule has 0 unspecified atom stereocenters. The SMILES string of the molecule is O=C(O)C1(Cl)CCC=CCC1. The van der Waals surface area contributed by atoms with Crippen LogP contribution in [0, 0.1) is 0 Å². The quantitative estimate of drug-likeness (QED) is 0.489. The summed E-state index contributed by atoms with van der Waals surface area (Å²) in [6.45, 7) is 0. The van der Waals surface area contributed by atoms with E-state index in [0.29, 0.717) is 12.8 Å². The van der Waals surface area contributed by atoms with Crippen LogP contribution in [-0.2, 0) is 4.79 Å². The molecule has 2 nitrogen and oxygen atoms in total. The molecular weight excluding hydrogens is 164 g/mol. The average molecular weight is 175 g/mol. The van der Waals surface area contributed by atoms with Crippen LogP contribution in [0.5, 0.6) is 0 Å². The second kappa shape index (κ2) is 3.26. The summed E-state index contributed by atoms with van der Waals surface area (Å²) in [5.74, 6) is -0.886. The Balaban J connectivity index is 2.64. The van der Waals surface area contributed by atoms with Crippen molar-refractivity contribution in [1.82, 2.24) is 0 Å². The Morgan fingerprint density at radius 3 is 2.18 bits per heavy atom. The highest BCUT2D eigenvalue weighted by Gasteiger charge is 2.35. The highest BCUT2D eigenvalue weighted by atomic mass is 35.5. The van der Waals surface area contributed by atoms with Crippen LogP contribution in [0.1, 0.15) is 25.7 Å². The lowest BCUT2D eigenvalue weighted by atomic mass is 9.99. The number of halogens is 1. The first-order valence-electron chi connectivity index (χ1n) is 3.72. The molecule has 0 spiro atoms. The fourth-order valence-corrected chi connectivity index (χ4v) is 1.42. The molecular formula is C8H11ClO2. The minimum Gasteiger partial charge on any atom is -0.480 e. The molecule has 0 aliphatic heterocycles. The van der Waals surface area contributed by atoms with Crippen molar-refractivity contribution in [3.63, 3.8) is 0 Å². The monoisotopic (exact) mass is 174 g/mol. The van der Waals surface area contributed by atoms with Crippen molar-refractivity contribution >= 4 is 17.6 Å². The number of carboxylic acid groups (broad SMARTS) is 1. The molecule has 1 rings (SSSR count). The van der Waals surface area contributed by atoms with Crippen LogP contribution in [0.2, 0.25) is 0 Å². The third-order valence-electron chi connectivity index (χ3n) is 1.96. The summed E-state index contributed by atoms with van der Waals surface area (Å²) in [5, 5.41) is 8.76. The number of aliphatic carboxylic acids is 1. The molecule has 0 aromatic rings. The number of carbonyl (C=O) groups is 1. The zero-order valence-electron chi connectivity index (χ0n) is 6.22. The summed E-state index contributed by atoms with van der Waals surface area (Å²) < 4.78 is 0. The molecule has 0 fully saturated rings. The van der Waals surface area contributed by atoms with Gasteiger partial charge in [-0.1, -0.05) is 12.2 Å². The van der Waals surface area contributed by atoms with E-state index in [0.717, 1.165) is 12.8 Å². The molecule has 11 heavy (non-hydrogen) atoms. The van der Waals surface area contributed by atoms with Gasteiger partial charge >= 0.3 is 5.97 Å². The maximum absolute atomic E-state index is 10.7. The maximum Gasteiger partial charge on any atom is 0.324 e. The lowest BCUT2D eigenvalue weighted by molar-refractivity contribution is -0.140. The molecule has 0 bridgehead atoms. The molecule has 0 atom stereocenters. The van der Waals surface area contributed by atoms with Gasteiger partial charge in [-0.15, -0.1) is 11.6 Å². The normalized spacial score (nSPS) is 22.6. The summed E-state index contributed by atoms with van der Waals surface area (Å²) >= 11 is 5.87. The number of rotatable bonds is 1. The number of hydrogen-bond acceptors (Lipinski definition) is 1. The molecule has 0 aromatic carbocycles. The molecule has 0 heterocycles. The van der Waals surface area contributed by atoms with Crippen molar-refractivity contribution in [1.29, 1.82) is 0 Å². The van der Waals surface area contributed by atoms with Crippen LogP contribution >= 0.6 is 11.6 Å². The van der Waals surface area contributed by atoms with Gasteiger partial charge in [-0.05, 0) is 25.7 Å². The molecule has 1 aliphatic rings. The Morgan fingerprint density at radius 2 is 1.82 bits per heavy atom. The van der Waals surface area contributed by atoms with Crippen LogP contribution in [0.3, 0.4) is 0 Å². The van der Waals surface area contributed by atoms with Crippen molar-refractivity contribution in [2.24, 2.45) is 0 Å². The minimum atomic E-state index is -1.01. The predicted octanol–water partition coefficient (Wildman–Crippen LogP) is 2.18. The van der Waals surface area contributed by atoms with Crippen LogP contribution in [0.4, 0.5) is 0 Å². The third-order valence-corrected chi connectivity index (χ3v) is 2.50. The van der Waals surface area contributed by atoms with Crippen molar-refractivity contribution in [2.45, 2.75) is 30.6 Å². The van der Waals surface area contributed by atoms with Gasteiger partial charge in [0.2, 0.25) is 0 Å². The standard InChI is InChI=1S/C8H11ClO2/c9-8(7(10)11)5-3-1-2-4-6-8/h1-2H,3-6H2,(H,10,11). The van der Waals surface area contributed by atoms with Crippen LogP contribution < -0.4 is 0 Å². The molecule has 0 radical (unpaired) electrons. The van der Waals surface area contributed by atoms with Gasteiger partial charge in [-0.3, -0.25) is 4.79 Å². The number of hydrogen-bond donors (Lipinski definition) is 1. The van der Waals surface area contributed by atoms with Gasteiger partial charge in [0.05, 0.1) is 0 Å². The maximum atomic E-state index is 10.7. The lowest BCUT2D eigenvalue weighted by Gasteiger charge is -2.18. The van der Waals surface area contributed by atoms with E-state index < -0.39 is 10.8 Å². The lowest BCUT2D eigenvalue weighted by Crippen LogP contribution is -2.31. The molecule has 1 aliphatic carbocycles. The predicted molar refractivity (Wildman–Crippen MR) is 43.8 cm³/mol. The molecule has 0 saturated heterocycles. The van der Waals surface area contributed by atoms with E-state index in [9.17, 15) is 4.79 Å². The molecule has 1 N–H and O–H groups in total. The Hall–Kier alpha value is -0.500. The van der Waals surface area contributed by atoms with Gasteiger partial charge in [-0.2, -0.15) is 0 Å². The number of allylic oxidation sites excluding steroid dienone is 2. The van der Waals surface area contributed by atoms with Crippen molar-refractivity contribution in [2.75, 3.05) is 0 Å². The van der Waals surface area contributed by atoms with Gasteiger partial charge in [0, 0.05) is 0 Å². The van der Waals surface area contributed by atoms with E-state index in [2.05, 4.69) is 0 Å². The second-order valence-corrected chi connectivity index (χ2v) is 3.54. The fraction of sp³-hybridized carbons (Fsp3) is 0.625. The average Bonchev–Trinajstić information content (AvgIpc) is 2.15. The molecule has 0 saturated carbocycles. The smallest absolute Gasteiger partial charge is 0.324 e. The van der Waals surface area contributed by atoms with E-state index in [-0.39, 0.29) is 0 Å².